The summed E-state index contributed by atoms with van der Waals surface area (Å²) in [5.41, 5.74) is 0. The van der Waals surface area contributed by atoms with Crippen molar-refractivity contribution in [2.24, 2.45) is 0 Å². The Bertz CT molecular complexity index is 1010. The summed E-state index contributed by atoms with van der Waals surface area (Å²) >= 11 is 0. The number of hydrogen-bond donors (Lipinski definition) is 2. The standard InChI is InChI=1S/C53H101NO8/c1-5-9-12-15-18-19-20-26-35-46-60-51(57)39-31-27-33-44-54(45-34-36-47-61-52(58)42-41-50(56)49(55)8-4)43-32-25-21-24-30-40-53(59)62-48(37-28-22-16-13-10-6-2)38-29-23-17-14-11-7-3/h41-42,48-50,55-56H,5-40,43-47H2,1-4H3/b42-41+. The molecule has 0 saturated heterocycles. The summed E-state index contributed by atoms with van der Waals surface area (Å²) in [6.07, 6.45) is 40.2. The number of aliphatic hydroxyl groups is 2. The van der Waals surface area contributed by atoms with Crippen LogP contribution in [0.15, 0.2) is 12.2 Å². The van der Waals surface area contributed by atoms with E-state index in [2.05, 4.69) is 25.7 Å². The van der Waals surface area contributed by atoms with Crippen molar-refractivity contribution in [1.82, 2.24) is 4.90 Å². The Morgan fingerprint density at radius 3 is 1.37 bits per heavy atom. The predicted octanol–water partition coefficient (Wildman–Crippen LogP) is 13.7. The van der Waals surface area contributed by atoms with Gasteiger partial charge in [0.1, 0.15) is 6.10 Å². The van der Waals surface area contributed by atoms with Crippen molar-refractivity contribution < 1.29 is 38.8 Å². The Kier molecular flexibility index (Phi) is 45.5. The normalized spacial score (nSPS) is 12.7. The molecular weight excluding hydrogens is 779 g/mol. The first-order valence-corrected chi connectivity index (χ1v) is 26.6. The van der Waals surface area contributed by atoms with E-state index >= 15 is 0 Å². The Morgan fingerprint density at radius 2 is 0.855 bits per heavy atom. The van der Waals surface area contributed by atoms with Crippen molar-refractivity contribution in [2.45, 2.75) is 277 Å². The van der Waals surface area contributed by atoms with Gasteiger partial charge in [-0.15, -0.1) is 0 Å². The molecule has 2 atom stereocenters. The first-order valence-electron chi connectivity index (χ1n) is 26.6. The maximum absolute atomic E-state index is 12.9. The number of nitrogens with zero attached hydrogens (tertiary/aromatic N) is 1. The number of esters is 3. The number of unbranched alkanes of at least 4 members (excludes halogenated alkanes) is 25. The monoisotopic (exact) mass is 880 g/mol. The lowest BCUT2D eigenvalue weighted by Gasteiger charge is -2.22. The second-order valence-corrected chi connectivity index (χ2v) is 18.1. The van der Waals surface area contributed by atoms with Crippen LogP contribution in [0.1, 0.15) is 259 Å². The molecule has 0 bridgehead atoms. The molecule has 0 aromatic carbocycles. The molecule has 0 saturated carbocycles. The fourth-order valence-electron chi connectivity index (χ4n) is 7.94. The highest BCUT2D eigenvalue weighted by Gasteiger charge is 2.15. The molecule has 0 rings (SSSR count). The quantitative estimate of drug-likeness (QED) is 0.0266. The van der Waals surface area contributed by atoms with E-state index in [9.17, 15) is 24.6 Å². The summed E-state index contributed by atoms with van der Waals surface area (Å²) in [6.45, 7) is 12.3. The summed E-state index contributed by atoms with van der Waals surface area (Å²) in [4.78, 5) is 39.7. The molecule has 9 nitrogen and oxygen atoms in total. The number of hydrogen-bond acceptors (Lipinski definition) is 9. The molecule has 0 aliphatic rings. The lowest BCUT2D eigenvalue weighted by atomic mass is 10.0. The zero-order valence-corrected chi connectivity index (χ0v) is 41.2. The SMILES string of the molecule is CCCCCCCCCCCOC(=O)CCCCCN(CCCCCCCC(=O)OC(CCCCCCCC)CCCCCCCC)CCCCOC(=O)/C=C/C(O)C(O)CC. The fraction of sp³-hybridized carbons (Fsp3) is 0.906. The third-order valence-electron chi connectivity index (χ3n) is 12.1. The molecular formula is C53H101NO8. The minimum atomic E-state index is -1.08. The summed E-state index contributed by atoms with van der Waals surface area (Å²) in [6, 6.07) is 0. The van der Waals surface area contributed by atoms with E-state index in [0.717, 1.165) is 122 Å². The zero-order chi connectivity index (χ0) is 45.6. The second-order valence-electron chi connectivity index (χ2n) is 18.1. The number of carbonyl (C=O) groups is 3. The molecule has 366 valence electrons. The van der Waals surface area contributed by atoms with Gasteiger partial charge in [-0.05, 0) is 103 Å². The second kappa shape index (κ2) is 47.0. The molecule has 0 radical (unpaired) electrons. The van der Waals surface area contributed by atoms with Crippen LogP contribution in [-0.4, -0.2) is 84.2 Å². The highest BCUT2D eigenvalue weighted by atomic mass is 16.5. The lowest BCUT2D eigenvalue weighted by Crippen LogP contribution is -2.27. The number of rotatable bonds is 48. The van der Waals surface area contributed by atoms with Crippen molar-refractivity contribution in [1.29, 1.82) is 0 Å². The average molecular weight is 880 g/mol. The van der Waals surface area contributed by atoms with Gasteiger partial charge in [-0.3, -0.25) is 9.59 Å². The molecule has 0 spiro atoms. The van der Waals surface area contributed by atoms with E-state index < -0.39 is 18.2 Å². The van der Waals surface area contributed by atoms with E-state index in [-0.39, 0.29) is 18.0 Å². The van der Waals surface area contributed by atoms with Gasteiger partial charge >= 0.3 is 17.9 Å². The first-order chi connectivity index (χ1) is 30.3. The van der Waals surface area contributed by atoms with Gasteiger partial charge < -0.3 is 29.3 Å². The molecule has 2 unspecified atom stereocenters. The summed E-state index contributed by atoms with van der Waals surface area (Å²) in [5, 5.41) is 19.5. The van der Waals surface area contributed by atoms with E-state index in [4.69, 9.17) is 14.2 Å². The van der Waals surface area contributed by atoms with Crippen molar-refractivity contribution in [2.75, 3.05) is 32.8 Å². The van der Waals surface area contributed by atoms with Gasteiger partial charge in [0.05, 0.1) is 25.4 Å². The third kappa shape index (κ3) is 42.0. The molecule has 0 aliphatic carbocycles. The summed E-state index contributed by atoms with van der Waals surface area (Å²) in [5.74, 6) is -0.596. The largest absolute Gasteiger partial charge is 0.466 e. The van der Waals surface area contributed by atoms with Crippen LogP contribution in [0, 0.1) is 0 Å². The molecule has 0 aromatic rings. The first kappa shape index (κ1) is 60.0. The van der Waals surface area contributed by atoms with Crippen molar-refractivity contribution in [3.05, 3.63) is 12.2 Å². The molecule has 0 aromatic heterocycles. The number of carbonyl (C=O) groups excluding carboxylic acids is 3. The minimum absolute atomic E-state index is 0.0141. The van der Waals surface area contributed by atoms with E-state index in [1.54, 1.807) is 6.92 Å². The van der Waals surface area contributed by atoms with E-state index in [1.165, 1.54) is 121 Å². The van der Waals surface area contributed by atoms with Crippen LogP contribution in [0.5, 0.6) is 0 Å². The molecule has 9 heteroatoms. The fourth-order valence-corrected chi connectivity index (χ4v) is 7.94. The minimum Gasteiger partial charge on any atom is -0.466 e. The average Bonchev–Trinajstić information content (AvgIpc) is 3.27. The van der Waals surface area contributed by atoms with Crippen LogP contribution in [-0.2, 0) is 28.6 Å². The van der Waals surface area contributed by atoms with Gasteiger partial charge in [-0.1, -0.05) is 169 Å². The predicted molar refractivity (Wildman–Crippen MR) is 258 cm³/mol. The molecule has 0 fully saturated rings. The number of ether oxygens (including phenoxy) is 3. The Labute approximate surface area is 382 Å². The van der Waals surface area contributed by atoms with Crippen molar-refractivity contribution in [3.8, 4) is 0 Å². The Morgan fingerprint density at radius 1 is 0.468 bits per heavy atom. The van der Waals surface area contributed by atoms with Crippen LogP contribution in [0.2, 0.25) is 0 Å². The lowest BCUT2D eigenvalue weighted by molar-refractivity contribution is -0.150. The van der Waals surface area contributed by atoms with E-state index in [0.29, 0.717) is 32.5 Å². The Hall–Kier alpha value is -1.97. The topological polar surface area (TPSA) is 123 Å². The number of aliphatic hydroxyl groups excluding tert-OH is 2. The van der Waals surface area contributed by atoms with Crippen LogP contribution in [0.4, 0.5) is 0 Å². The molecule has 0 amide bonds. The van der Waals surface area contributed by atoms with Crippen molar-refractivity contribution in [3.63, 3.8) is 0 Å². The van der Waals surface area contributed by atoms with Gasteiger partial charge in [0.25, 0.3) is 0 Å². The van der Waals surface area contributed by atoms with Crippen molar-refractivity contribution >= 4 is 17.9 Å². The van der Waals surface area contributed by atoms with Crippen LogP contribution in [0.25, 0.3) is 0 Å². The summed E-state index contributed by atoms with van der Waals surface area (Å²) < 4.78 is 16.9. The van der Waals surface area contributed by atoms with Gasteiger partial charge in [-0.25, -0.2) is 4.79 Å². The van der Waals surface area contributed by atoms with Gasteiger partial charge in [0.2, 0.25) is 0 Å². The smallest absolute Gasteiger partial charge is 0.330 e. The van der Waals surface area contributed by atoms with Crippen LogP contribution in [0.3, 0.4) is 0 Å². The van der Waals surface area contributed by atoms with Crippen LogP contribution < -0.4 is 0 Å². The highest BCUT2D eigenvalue weighted by Crippen LogP contribution is 2.19. The van der Waals surface area contributed by atoms with E-state index in [1.807, 2.05) is 0 Å². The summed E-state index contributed by atoms with van der Waals surface area (Å²) in [7, 11) is 0. The van der Waals surface area contributed by atoms with Gasteiger partial charge in [0.15, 0.2) is 0 Å². The zero-order valence-electron chi connectivity index (χ0n) is 41.2. The molecule has 0 heterocycles. The molecule has 2 N–H and O–H groups in total. The Balaban J connectivity index is 4.60. The maximum atomic E-state index is 12.9. The van der Waals surface area contributed by atoms with Gasteiger partial charge in [0, 0.05) is 18.9 Å². The maximum Gasteiger partial charge on any atom is 0.330 e. The molecule has 0 aliphatic heterocycles. The highest BCUT2D eigenvalue weighted by molar-refractivity contribution is 5.82. The van der Waals surface area contributed by atoms with Gasteiger partial charge in [-0.2, -0.15) is 0 Å². The van der Waals surface area contributed by atoms with Crippen LogP contribution >= 0.6 is 0 Å². The third-order valence-corrected chi connectivity index (χ3v) is 12.1. The molecule has 62 heavy (non-hydrogen) atoms.